The van der Waals surface area contributed by atoms with Gasteiger partial charge in [-0.15, -0.1) is 0 Å². The van der Waals surface area contributed by atoms with Gasteiger partial charge in [-0.25, -0.2) is 0 Å². The van der Waals surface area contributed by atoms with Crippen LogP contribution in [0.1, 0.15) is 54.6 Å². The maximum absolute atomic E-state index is 13.0. The van der Waals surface area contributed by atoms with E-state index in [1.807, 2.05) is 65.3 Å². The van der Waals surface area contributed by atoms with Crippen LogP contribution in [0.5, 0.6) is 5.75 Å². The van der Waals surface area contributed by atoms with Gasteiger partial charge in [0.2, 0.25) is 0 Å². The summed E-state index contributed by atoms with van der Waals surface area (Å²) < 4.78 is 6.05. The molecule has 2 aromatic carbocycles. The van der Waals surface area contributed by atoms with E-state index in [1.54, 1.807) is 6.92 Å². The van der Waals surface area contributed by atoms with Crippen LogP contribution in [-0.4, -0.2) is 53.9 Å². The molecule has 1 atom stereocenters. The van der Waals surface area contributed by atoms with E-state index in [0.717, 1.165) is 28.9 Å². The minimum absolute atomic E-state index is 0.0289. The molecule has 1 heterocycles. The Kier molecular flexibility index (Phi) is 7.14. The van der Waals surface area contributed by atoms with Crippen LogP contribution in [0.4, 0.5) is 0 Å². The third-order valence-electron chi connectivity index (χ3n) is 5.66. The number of ether oxygens (including phenoxy) is 1. The van der Waals surface area contributed by atoms with Crippen LogP contribution < -0.4 is 4.74 Å². The van der Waals surface area contributed by atoms with Gasteiger partial charge in [0, 0.05) is 31.7 Å². The van der Waals surface area contributed by atoms with Crippen LogP contribution in [0.3, 0.4) is 0 Å². The first-order chi connectivity index (χ1) is 14.4. The first-order valence-corrected chi connectivity index (χ1v) is 10.8. The fraction of sp³-hybridized carbons (Fsp3) is 0.440. The van der Waals surface area contributed by atoms with Gasteiger partial charge in [-0.1, -0.05) is 50.2 Å². The van der Waals surface area contributed by atoms with E-state index in [4.69, 9.17) is 4.74 Å². The summed E-state index contributed by atoms with van der Waals surface area (Å²) in [4.78, 5) is 29.6. The number of hydrogen-bond donors (Lipinski definition) is 0. The number of aryl methyl sites for hydroxylation is 1. The van der Waals surface area contributed by atoms with Crippen LogP contribution in [0, 0.1) is 6.92 Å². The SMILES string of the molecule is Cc1ccccc1C(=O)N1CCCN(C(=O)C(C)Oc2ccccc2C(C)C)CC1. The normalized spacial score (nSPS) is 15.6. The molecule has 0 saturated carbocycles. The molecule has 1 saturated heterocycles. The average molecular weight is 409 g/mol. The summed E-state index contributed by atoms with van der Waals surface area (Å²) in [5.74, 6) is 1.10. The minimum Gasteiger partial charge on any atom is -0.481 e. The molecule has 0 aliphatic carbocycles. The zero-order valence-electron chi connectivity index (χ0n) is 18.4. The molecular weight excluding hydrogens is 376 g/mol. The molecule has 1 fully saturated rings. The number of carbonyl (C=O) groups excluding carboxylic acids is 2. The van der Waals surface area contributed by atoms with E-state index < -0.39 is 6.10 Å². The lowest BCUT2D eigenvalue weighted by Crippen LogP contribution is -2.43. The van der Waals surface area contributed by atoms with Crippen LogP contribution in [-0.2, 0) is 4.79 Å². The van der Waals surface area contributed by atoms with E-state index >= 15 is 0 Å². The summed E-state index contributed by atoms with van der Waals surface area (Å²) in [5, 5.41) is 0. The van der Waals surface area contributed by atoms with Crippen molar-refractivity contribution in [3.63, 3.8) is 0 Å². The molecular formula is C25H32N2O3. The van der Waals surface area contributed by atoms with Gasteiger partial charge in [0.25, 0.3) is 11.8 Å². The second-order valence-corrected chi connectivity index (χ2v) is 8.24. The van der Waals surface area contributed by atoms with Gasteiger partial charge >= 0.3 is 0 Å². The highest BCUT2D eigenvalue weighted by atomic mass is 16.5. The Bertz CT molecular complexity index is 893. The van der Waals surface area contributed by atoms with Crippen molar-refractivity contribution in [3.05, 3.63) is 65.2 Å². The van der Waals surface area contributed by atoms with Crippen molar-refractivity contribution in [1.82, 2.24) is 9.80 Å². The molecule has 2 amide bonds. The molecule has 30 heavy (non-hydrogen) atoms. The number of amides is 2. The van der Waals surface area contributed by atoms with E-state index in [9.17, 15) is 9.59 Å². The monoisotopic (exact) mass is 408 g/mol. The average Bonchev–Trinajstić information content (AvgIpc) is 2.99. The molecule has 5 nitrogen and oxygen atoms in total. The van der Waals surface area contributed by atoms with Crippen molar-refractivity contribution in [2.24, 2.45) is 0 Å². The lowest BCUT2D eigenvalue weighted by Gasteiger charge is -2.26. The van der Waals surface area contributed by atoms with Gasteiger partial charge in [-0.2, -0.15) is 0 Å². The summed E-state index contributed by atoms with van der Waals surface area (Å²) in [7, 11) is 0. The van der Waals surface area contributed by atoms with Gasteiger partial charge in [-0.3, -0.25) is 9.59 Å². The van der Waals surface area contributed by atoms with Crippen LogP contribution in [0.2, 0.25) is 0 Å². The first kappa shape index (κ1) is 21.9. The van der Waals surface area contributed by atoms with E-state index in [2.05, 4.69) is 13.8 Å². The summed E-state index contributed by atoms with van der Waals surface area (Å²) >= 11 is 0. The first-order valence-electron chi connectivity index (χ1n) is 10.8. The molecule has 0 aromatic heterocycles. The van der Waals surface area contributed by atoms with Gasteiger partial charge in [0.05, 0.1) is 0 Å². The van der Waals surface area contributed by atoms with Gasteiger partial charge in [0.1, 0.15) is 5.75 Å². The zero-order valence-corrected chi connectivity index (χ0v) is 18.4. The smallest absolute Gasteiger partial charge is 0.263 e. The standard InChI is InChI=1S/C25H32N2O3/c1-18(2)21-11-7-8-13-23(21)30-20(4)24(28)26-14-9-15-27(17-16-26)25(29)22-12-6-5-10-19(22)3/h5-8,10-13,18,20H,9,14-17H2,1-4H3. The van der Waals surface area contributed by atoms with Crippen LogP contribution in [0.15, 0.2) is 48.5 Å². The number of para-hydroxylation sites is 1. The van der Waals surface area contributed by atoms with Crippen LogP contribution >= 0.6 is 0 Å². The molecule has 5 heteroatoms. The molecule has 1 aliphatic heterocycles. The lowest BCUT2D eigenvalue weighted by molar-refractivity contribution is -0.137. The molecule has 3 rings (SSSR count). The lowest BCUT2D eigenvalue weighted by atomic mass is 10.0. The Morgan fingerprint density at radius 2 is 1.50 bits per heavy atom. The number of carbonyl (C=O) groups is 2. The predicted octanol–water partition coefficient (Wildman–Crippen LogP) is 4.26. The maximum atomic E-state index is 13.0. The van der Waals surface area contributed by atoms with Crippen molar-refractivity contribution >= 4 is 11.8 Å². The van der Waals surface area contributed by atoms with Crippen molar-refractivity contribution < 1.29 is 14.3 Å². The van der Waals surface area contributed by atoms with Crippen molar-refractivity contribution in [2.45, 2.75) is 46.1 Å². The number of hydrogen-bond acceptors (Lipinski definition) is 3. The fourth-order valence-electron chi connectivity index (χ4n) is 3.89. The number of nitrogens with zero attached hydrogens (tertiary/aromatic N) is 2. The highest BCUT2D eigenvalue weighted by Crippen LogP contribution is 2.27. The quantitative estimate of drug-likeness (QED) is 0.743. The maximum Gasteiger partial charge on any atom is 0.263 e. The van der Waals surface area contributed by atoms with Crippen molar-refractivity contribution in [3.8, 4) is 5.75 Å². The van der Waals surface area contributed by atoms with E-state index in [1.165, 1.54) is 0 Å². The molecule has 0 bridgehead atoms. The molecule has 1 aliphatic rings. The highest BCUT2D eigenvalue weighted by Gasteiger charge is 2.27. The molecule has 0 N–H and O–H groups in total. The number of rotatable bonds is 5. The Labute approximate surface area is 179 Å². The zero-order chi connectivity index (χ0) is 21.7. The molecule has 0 spiro atoms. The molecule has 1 unspecified atom stereocenters. The second kappa shape index (κ2) is 9.79. The van der Waals surface area contributed by atoms with Gasteiger partial charge in [0.15, 0.2) is 6.10 Å². The highest BCUT2D eigenvalue weighted by molar-refractivity contribution is 5.95. The van der Waals surface area contributed by atoms with Crippen molar-refractivity contribution in [2.75, 3.05) is 26.2 Å². The third kappa shape index (κ3) is 5.02. The third-order valence-corrected chi connectivity index (χ3v) is 5.66. The Morgan fingerprint density at radius 1 is 0.867 bits per heavy atom. The summed E-state index contributed by atoms with van der Waals surface area (Å²) in [6.07, 6.45) is 0.196. The van der Waals surface area contributed by atoms with E-state index in [0.29, 0.717) is 32.1 Å². The van der Waals surface area contributed by atoms with E-state index in [-0.39, 0.29) is 11.8 Å². The largest absolute Gasteiger partial charge is 0.481 e. The predicted molar refractivity (Wildman–Crippen MR) is 119 cm³/mol. The van der Waals surface area contributed by atoms with Crippen molar-refractivity contribution in [1.29, 1.82) is 0 Å². The molecule has 0 radical (unpaired) electrons. The summed E-state index contributed by atoms with van der Waals surface area (Å²) in [6.45, 7) is 10.3. The van der Waals surface area contributed by atoms with Gasteiger partial charge in [-0.05, 0) is 49.4 Å². The second-order valence-electron chi connectivity index (χ2n) is 8.24. The molecule has 160 valence electrons. The van der Waals surface area contributed by atoms with Gasteiger partial charge < -0.3 is 14.5 Å². The Hall–Kier alpha value is -2.82. The van der Waals surface area contributed by atoms with Crippen LogP contribution in [0.25, 0.3) is 0 Å². The fourth-order valence-corrected chi connectivity index (χ4v) is 3.89. The summed E-state index contributed by atoms with van der Waals surface area (Å²) in [5.41, 5.74) is 2.81. The Morgan fingerprint density at radius 3 is 2.23 bits per heavy atom. The molecule has 2 aromatic rings. The summed E-state index contributed by atoms with van der Waals surface area (Å²) in [6, 6.07) is 15.5. The topological polar surface area (TPSA) is 49.9 Å². The Balaban J connectivity index is 1.63. The number of benzene rings is 2. The minimum atomic E-state index is -0.566.